The first-order valence-electron chi connectivity index (χ1n) is 6.92. The minimum absolute atomic E-state index is 0.0211. The monoisotopic (exact) mass is 335 g/mol. The molecule has 126 valence electrons. The summed E-state index contributed by atoms with van der Waals surface area (Å²) in [6.07, 6.45) is 5.88. The number of ether oxygens (including phenoxy) is 2. The number of nitrogens with zero attached hydrogens (tertiary/aromatic N) is 1. The third-order valence-corrected chi connectivity index (χ3v) is 3.46. The number of rotatable bonds is 3. The van der Waals surface area contributed by atoms with Crippen LogP contribution >= 0.6 is 0 Å². The first-order valence-corrected chi connectivity index (χ1v) is 6.92. The highest BCUT2D eigenvalue weighted by Crippen LogP contribution is 2.31. The Bertz CT molecular complexity index is 781. The van der Waals surface area contributed by atoms with E-state index in [-0.39, 0.29) is 22.5 Å². The number of carbonyl (C=O) groups is 2. The maximum atomic E-state index is 13.9. The highest BCUT2D eigenvalue weighted by molar-refractivity contribution is 6.05. The lowest BCUT2D eigenvalue weighted by molar-refractivity contribution is -0.139. The Morgan fingerprint density at radius 3 is 2.33 bits per heavy atom. The van der Waals surface area contributed by atoms with Gasteiger partial charge in [0, 0.05) is 11.8 Å². The number of hydrogen-bond donors (Lipinski definition) is 0. The minimum atomic E-state index is -1.04. The van der Waals surface area contributed by atoms with E-state index in [1.165, 1.54) is 43.4 Å². The van der Waals surface area contributed by atoms with E-state index in [0.717, 1.165) is 13.2 Å². The van der Waals surface area contributed by atoms with Gasteiger partial charge in [-0.2, -0.15) is 0 Å². The zero-order valence-corrected chi connectivity index (χ0v) is 13.3. The predicted molar refractivity (Wildman–Crippen MR) is 82.9 cm³/mol. The van der Waals surface area contributed by atoms with E-state index >= 15 is 0 Å². The molecule has 0 atom stereocenters. The summed E-state index contributed by atoms with van der Waals surface area (Å²) in [7, 11) is 2.32. The maximum absolute atomic E-state index is 13.9. The van der Waals surface area contributed by atoms with E-state index in [2.05, 4.69) is 4.74 Å². The third kappa shape index (κ3) is 3.05. The fraction of sp³-hybridized carbons (Fsp3) is 0.176. The number of benzene rings is 1. The summed E-state index contributed by atoms with van der Waals surface area (Å²) in [5, 5.41) is 0. The third-order valence-electron chi connectivity index (χ3n) is 3.46. The van der Waals surface area contributed by atoms with Gasteiger partial charge in [-0.05, 0) is 31.2 Å². The molecule has 5 nitrogen and oxygen atoms in total. The standard InChI is InChI=1S/C17H15F2NO4/c1-10-13(8-7-12(18)14(10)19)20-9-5-4-6-11(16(21)23-2)15(20)17(22)24-3/h4-9H,1-3H3. The van der Waals surface area contributed by atoms with Crippen molar-refractivity contribution < 1.29 is 27.8 Å². The Hall–Kier alpha value is -2.96. The Morgan fingerprint density at radius 2 is 1.71 bits per heavy atom. The summed E-state index contributed by atoms with van der Waals surface area (Å²) < 4.78 is 36.7. The molecular formula is C17H15F2NO4. The summed E-state index contributed by atoms with van der Waals surface area (Å²) in [5.41, 5.74) is -0.0650. The van der Waals surface area contributed by atoms with Crippen molar-refractivity contribution in [3.63, 3.8) is 0 Å². The van der Waals surface area contributed by atoms with E-state index in [4.69, 9.17) is 4.74 Å². The molecule has 0 spiro atoms. The van der Waals surface area contributed by atoms with Crippen molar-refractivity contribution >= 4 is 17.6 Å². The minimum Gasteiger partial charge on any atom is -0.465 e. The van der Waals surface area contributed by atoms with Crippen LogP contribution in [0.4, 0.5) is 14.5 Å². The van der Waals surface area contributed by atoms with Gasteiger partial charge in [-0.25, -0.2) is 18.4 Å². The SMILES string of the molecule is COC(=O)C1=C(C(=O)OC)N(c2ccc(F)c(F)c2C)C=CC=C1. The lowest BCUT2D eigenvalue weighted by Crippen LogP contribution is -2.27. The van der Waals surface area contributed by atoms with Crippen molar-refractivity contribution in [2.45, 2.75) is 6.92 Å². The van der Waals surface area contributed by atoms with Gasteiger partial charge in [0.05, 0.1) is 25.5 Å². The molecule has 1 heterocycles. The summed E-state index contributed by atoms with van der Waals surface area (Å²) in [6.45, 7) is 1.37. The van der Waals surface area contributed by atoms with E-state index in [9.17, 15) is 18.4 Å². The number of carbonyl (C=O) groups excluding carboxylic acids is 2. The zero-order valence-electron chi connectivity index (χ0n) is 13.3. The van der Waals surface area contributed by atoms with Gasteiger partial charge in [0.1, 0.15) is 5.70 Å². The molecule has 0 bridgehead atoms. The van der Waals surface area contributed by atoms with Gasteiger partial charge in [-0.15, -0.1) is 0 Å². The predicted octanol–water partition coefficient (Wildman–Crippen LogP) is 2.76. The number of halogens is 2. The fourth-order valence-electron chi connectivity index (χ4n) is 2.25. The number of allylic oxidation sites excluding steroid dienone is 2. The summed E-state index contributed by atoms with van der Waals surface area (Å²) in [6, 6.07) is 2.25. The Balaban J connectivity index is 2.73. The molecule has 0 radical (unpaired) electrons. The lowest BCUT2D eigenvalue weighted by atomic mass is 10.1. The van der Waals surface area contributed by atoms with Gasteiger partial charge >= 0.3 is 11.9 Å². The molecule has 0 unspecified atom stereocenters. The molecule has 0 N–H and O–H groups in total. The van der Waals surface area contributed by atoms with Gasteiger partial charge in [-0.3, -0.25) is 0 Å². The fourth-order valence-corrected chi connectivity index (χ4v) is 2.25. The average Bonchev–Trinajstić information content (AvgIpc) is 2.81. The molecule has 0 amide bonds. The van der Waals surface area contributed by atoms with Gasteiger partial charge in [0.15, 0.2) is 11.6 Å². The van der Waals surface area contributed by atoms with Gasteiger partial charge in [-0.1, -0.05) is 6.08 Å². The van der Waals surface area contributed by atoms with Crippen LogP contribution in [-0.4, -0.2) is 26.2 Å². The highest BCUT2D eigenvalue weighted by atomic mass is 19.2. The second-order valence-corrected chi connectivity index (χ2v) is 4.82. The van der Waals surface area contributed by atoms with E-state index in [0.29, 0.717) is 0 Å². The van der Waals surface area contributed by atoms with Crippen molar-refractivity contribution in [2.24, 2.45) is 0 Å². The van der Waals surface area contributed by atoms with Crippen molar-refractivity contribution in [3.05, 3.63) is 65.0 Å². The number of esters is 2. The van der Waals surface area contributed by atoms with Crippen molar-refractivity contribution in [2.75, 3.05) is 19.1 Å². The average molecular weight is 335 g/mol. The lowest BCUT2D eigenvalue weighted by Gasteiger charge is -2.24. The van der Waals surface area contributed by atoms with Crippen molar-refractivity contribution in [1.29, 1.82) is 0 Å². The summed E-state index contributed by atoms with van der Waals surface area (Å²) >= 11 is 0. The molecule has 0 saturated carbocycles. The highest BCUT2D eigenvalue weighted by Gasteiger charge is 2.28. The van der Waals surface area contributed by atoms with E-state index < -0.39 is 23.6 Å². The first-order chi connectivity index (χ1) is 11.4. The molecule has 1 aromatic carbocycles. The quantitative estimate of drug-likeness (QED) is 0.795. The molecule has 0 aromatic heterocycles. The second kappa shape index (κ2) is 7.08. The first kappa shape index (κ1) is 17.4. The molecule has 7 heteroatoms. The molecular weight excluding hydrogens is 320 g/mol. The van der Waals surface area contributed by atoms with Crippen LogP contribution in [0, 0.1) is 18.6 Å². The molecule has 24 heavy (non-hydrogen) atoms. The summed E-state index contributed by atoms with van der Waals surface area (Å²) in [5.74, 6) is -3.64. The van der Waals surface area contributed by atoms with Crippen LogP contribution < -0.4 is 4.90 Å². The summed E-state index contributed by atoms with van der Waals surface area (Å²) in [4.78, 5) is 25.5. The van der Waals surface area contributed by atoms with Crippen LogP contribution in [0.1, 0.15) is 5.56 Å². The maximum Gasteiger partial charge on any atom is 0.355 e. The van der Waals surface area contributed by atoms with Crippen LogP contribution in [0.3, 0.4) is 0 Å². The van der Waals surface area contributed by atoms with Crippen LogP contribution in [0.25, 0.3) is 0 Å². The molecule has 0 aliphatic carbocycles. The topological polar surface area (TPSA) is 55.8 Å². The number of methoxy groups -OCH3 is 2. The molecule has 0 fully saturated rings. The zero-order chi connectivity index (χ0) is 17.9. The largest absolute Gasteiger partial charge is 0.465 e. The van der Waals surface area contributed by atoms with E-state index in [1.807, 2.05) is 0 Å². The Kier molecular flexibility index (Phi) is 5.13. The van der Waals surface area contributed by atoms with Gasteiger partial charge < -0.3 is 14.4 Å². The van der Waals surface area contributed by atoms with Crippen LogP contribution in [0.2, 0.25) is 0 Å². The normalized spacial score (nSPS) is 13.8. The van der Waals surface area contributed by atoms with Crippen molar-refractivity contribution in [3.8, 4) is 0 Å². The van der Waals surface area contributed by atoms with Crippen LogP contribution in [-0.2, 0) is 19.1 Å². The van der Waals surface area contributed by atoms with Gasteiger partial charge in [0.2, 0.25) is 0 Å². The van der Waals surface area contributed by atoms with Crippen LogP contribution in [0.15, 0.2) is 47.8 Å². The Labute approximate surface area is 137 Å². The molecule has 1 aliphatic rings. The van der Waals surface area contributed by atoms with Crippen molar-refractivity contribution in [1.82, 2.24) is 0 Å². The Morgan fingerprint density at radius 1 is 1.04 bits per heavy atom. The molecule has 1 aliphatic heterocycles. The molecule has 0 saturated heterocycles. The molecule has 1 aromatic rings. The smallest absolute Gasteiger partial charge is 0.355 e. The number of anilines is 1. The van der Waals surface area contributed by atoms with Gasteiger partial charge in [0.25, 0.3) is 0 Å². The van der Waals surface area contributed by atoms with E-state index in [1.54, 1.807) is 6.08 Å². The molecule has 2 rings (SSSR count). The van der Waals surface area contributed by atoms with Crippen LogP contribution in [0.5, 0.6) is 0 Å². The second-order valence-electron chi connectivity index (χ2n) is 4.82. The number of hydrogen-bond acceptors (Lipinski definition) is 5.